The third kappa shape index (κ3) is 3.17. The Bertz CT molecular complexity index is 552. The predicted molar refractivity (Wildman–Crippen MR) is 76.7 cm³/mol. The maximum absolute atomic E-state index is 10.4. The number of nitrogens with zero attached hydrogens (tertiary/aromatic N) is 3. The van der Waals surface area contributed by atoms with E-state index >= 15 is 0 Å². The van der Waals surface area contributed by atoms with Gasteiger partial charge in [-0.3, -0.25) is 0 Å². The lowest BCUT2D eigenvalue weighted by atomic mass is 10.0. The average Bonchev–Trinajstić information content (AvgIpc) is 2.88. The first-order chi connectivity index (χ1) is 9.63. The van der Waals surface area contributed by atoms with E-state index in [-0.39, 0.29) is 6.04 Å². The van der Waals surface area contributed by atoms with Crippen LogP contribution in [0, 0.1) is 0 Å². The summed E-state index contributed by atoms with van der Waals surface area (Å²) in [4.78, 5) is 4.23. The lowest BCUT2D eigenvalue weighted by Gasteiger charge is -2.16. The van der Waals surface area contributed by atoms with Crippen LogP contribution in [0.3, 0.4) is 0 Å². The first-order valence-electron chi connectivity index (χ1n) is 6.91. The minimum absolute atomic E-state index is 0.224. The van der Waals surface area contributed by atoms with Crippen molar-refractivity contribution in [2.24, 2.45) is 0 Å². The molecule has 0 aliphatic carbocycles. The minimum atomic E-state index is -0.653. The van der Waals surface area contributed by atoms with Crippen molar-refractivity contribution < 1.29 is 9.84 Å². The second-order valence-corrected chi connectivity index (χ2v) is 4.91. The summed E-state index contributed by atoms with van der Waals surface area (Å²) in [6.45, 7) is 6.59. The summed E-state index contributed by atoms with van der Waals surface area (Å²) in [6, 6.07) is 7.77. The highest BCUT2D eigenvalue weighted by atomic mass is 16.5. The Balaban J connectivity index is 2.19. The summed E-state index contributed by atoms with van der Waals surface area (Å²) < 4.78 is 7.38. The zero-order valence-electron chi connectivity index (χ0n) is 12.2. The summed E-state index contributed by atoms with van der Waals surface area (Å²) in [5.41, 5.74) is 0.785. The molecule has 0 spiro atoms. The number of hydrogen-bond acceptors (Lipinski definition) is 4. The topological polar surface area (TPSA) is 60.2 Å². The standard InChI is InChI=1S/C15H21N3O2/c1-4-20-14-8-6-5-7-12(14)13(19)9-15-16-10-17-18(15)11(2)3/h5-8,10-11,13,19H,4,9H2,1-3H3. The van der Waals surface area contributed by atoms with Gasteiger partial charge in [-0.1, -0.05) is 18.2 Å². The Morgan fingerprint density at radius 3 is 2.75 bits per heavy atom. The van der Waals surface area contributed by atoms with Crippen LogP contribution in [0.2, 0.25) is 0 Å². The van der Waals surface area contributed by atoms with E-state index in [1.807, 2.05) is 49.7 Å². The molecule has 1 atom stereocenters. The Kier molecular flexibility index (Phi) is 4.74. The number of benzene rings is 1. The molecule has 1 unspecified atom stereocenters. The lowest BCUT2D eigenvalue weighted by molar-refractivity contribution is 0.167. The van der Waals surface area contributed by atoms with Gasteiger partial charge in [0.25, 0.3) is 0 Å². The molecule has 0 saturated carbocycles. The van der Waals surface area contributed by atoms with E-state index in [1.165, 1.54) is 6.33 Å². The van der Waals surface area contributed by atoms with Crippen LogP contribution in [0.15, 0.2) is 30.6 Å². The lowest BCUT2D eigenvalue weighted by Crippen LogP contribution is -2.13. The van der Waals surface area contributed by atoms with E-state index in [0.717, 1.165) is 17.1 Å². The maximum atomic E-state index is 10.4. The van der Waals surface area contributed by atoms with E-state index in [1.54, 1.807) is 0 Å². The first kappa shape index (κ1) is 14.5. The molecule has 0 aliphatic heterocycles. The number of rotatable bonds is 6. The Morgan fingerprint density at radius 2 is 2.05 bits per heavy atom. The molecule has 5 nitrogen and oxygen atoms in total. The number of hydrogen-bond donors (Lipinski definition) is 1. The molecule has 2 rings (SSSR count). The number of ether oxygens (including phenoxy) is 1. The van der Waals surface area contributed by atoms with Crippen LogP contribution in [0.25, 0.3) is 0 Å². The SMILES string of the molecule is CCOc1ccccc1C(O)Cc1ncnn1C(C)C. The molecule has 1 N–H and O–H groups in total. The average molecular weight is 275 g/mol. The molecule has 0 aliphatic rings. The van der Waals surface area contributed by atoms with Crippen molar-refractivity contribution in [3.63, 3.8) is 0 Å². The van der Waals surface area contributed by atoms with Crippen molar-refractivity contribution in [1.29, 1.82) is 0 Å². The largest absolute Gasteiger partial charge is 0.493 e. The normalized spacial score (nSPS) is 12.7. The Morgan fingerprint density at radius 1 is 1.30 bits per heavy atom. The molecule has 1 aromatic carbocycles. The van der Waals surface area contributed by atoms with Gasteiger partial charge >= 0.3 is 0 Å². The molecule has 1 heterocycles. The quantitative estimate of drug-likeness (QED) is 0.880. The van der Waals surface area contributed by atoms with Crippen molar-refractivity contribution in [1.82, 2.24) is 14.8 Å². The maximum Gasteiger partial charge on any atom is 0.138 e. The fourth-order valence-corrected chi connectivity index (χ4v) is 2.18. The van der Waals surface area contributed by atoms with Gasteiger partial charge in [0.15, 0.2) is 0 Å². The Hall–Kier alpha value is -1.88. The Labute approximate surface area is 119 Å². The zero-order chi connectivity index (χ0) is 14.5. The molecule has 0 amide bonds. The molecule has 20 heavy (non-hydrogen) atoms. The molecule has 0 fully saturated rings. The van der Waals surface area contributed by atoms with Crippen molar-refractivity contribution in [3.05, 3.63) is 42.0 Å². The molecule has 108 valence electrons. The highest BCUT2D eigenvalue weighted by Crippen LogP contribution is 2.27. The predicted octanol–water partition coefficient (Wildman–Crippen LogP) is 2.53. The van der Waals surface area contributed by atoms with Crippen LogP contribution < -0.4 is 4.74 Å². The van der Waals surface area contributed by atoms with Gasteiger partial charge in [0.1, 0.15) is 17.9 Å². The van der Waals surface area contributed by atoms with E-state index in [0.29, 0.717) is 13.0 Å². The van der Waals surface area contributed by atoms with Gasteiger partial charge < -0.3 is 9.84 Å². The van der Waals surface area contributed by atoms with Gasteiger partial charge in [0.05, 0.1) is 12.7 Å². The zero-order valence-corrected chi connectivity index (χ0v) is 12.2. The van der Waals surface area contributed by atoms with Crippen LogP contribution in [0.4, 0.5) is 0 Å². The van der Waals surface area contributed by atoms with E-state index in [2.05, 4.69) is 10.1 Å². The van der Waals surface area contributed by atoms with E-state index in [4.69, 9.17) is 4.74 Å². The van der Waals surface area contributed by atoms with Crippen LogP contribution >= 0.6 is 0 Å². The highest BCUT2D eigenvalue weighted by Gasteiger charge is 2.17. The van der Waals surface area contributed by atoms with Crippen LogP contribution in [-0.4, -0.2) is 26.5 Å². The minimum Gasteiger partial charge on any atom is -0.493 e. The summed E-state index contributed by atoms with van der Waals surface area (Å²) >= 11 is 0. The highest BCUT2D eigenvalue weighted by molar-refractivity contribution is 5.35. The fourth-order valence-electron chi connectivity index (χ4n) is 2.18. The number of aliphatic hydroxyl groups excluding tert-OH is 1. The molecular formula is C15H21N3O2. The van der Waals surface area contributed by atoms with Gasteiger partial charge in [-0.15, -0.1) is 0 Å². The van der Waals surface area contributed by atoms with Gasteiger partial charge in [-0.2, -0.15) is 5.10 Å². The van der Waals surface area contributed by atoms with Gasteiger partial charge in [-0.05, 0) is 26.8 Å². The molecule has 0 saturated heterocycles. The summed E-state index contributed by atoms with van der Waals surface area (Å²) in [6.07, 6.45) is 1.29. The van der Waals surface area contributed by atoms with Gasteiger partial charge in [0.2, 0.25) is 0 Å². The third-order valence-electron chi connectivity index (χ3n) is 3.09. The van der Waals surface area contributed by atoms with Crippen molar-refractivity contribution in [2.75, 3.05) is 6.61 Å². The summed E-state index contributed by atoms with van der Waals surface area (Å²) in [7, 11) is 0. The van der Waals surface area contributed by atoms with Crippen molar-refractivity contribution >= 4 is 0 Å². The van der Waals surface area contributed by atoms with E-state index in [9.17, 15) is 5.11 Å². The second kappa shape index (κ2) is 6.52. The number of aromatic nitrogens is 3. The first-order valence-corrected chi connectivity index (χ1v) is 6.91. The van der Waals surface area contributed by atoms with Crippen LogP contribution in [0.5, 0.6) is 5.75 Å². The smallest absolute Gasteiger partial charge is 0.138 e. The van der Waals surface area contributed by atoms with Crippen molar-refractivity contribution in [3.8, 4) is 5.75 Å². The monoisotopic (exact) mass is 275 g/mol. The molecule has 5 heteroatoms. The third-order valence-corrected chi connectivity index (χ3v) is 3.09. The number of para-hydroxylation sites is 1. The van der Waals surface area contributed by atoms with Gasteiger partial charge in [0, 0.05) is 18.0 Å². The molecule has 1 aromatic heterocycles. The second-order valence-electron chi connectivity index (χ2n) is 4.91. The molecule has 0 bridgehead atoms. The molecule has 2 aromatic rings. The van der Waals surface area contributed by atoms with E-state index < -0.39 is 6.10 Å². The van der Waals surface area contributed by atoms with Crippen LogP contribution in [-0.2, 0) is 6.42 Å². The summed E-state index contributed by atoms with van der Waals surface area (Å²) in [5.74, 6) is 1.50. The van der Waals surface area contributed by atoms with Gasteiger partial charge in [-0.25, -0.2) is 9.67 Å². The molecule has 0 radical (unpaired) electrons. The summed E-state index contributed by atoms with van der Waals surface area (Å²) in [5, 5.41) is 14.6. The van der Waals surface area contributed by atoms with Crippen LogP contribution in [0.1, 0.15) is 44.3 Å². The molecular weight excluding hydrogens is 254 g/mol. The fraction of sp³-hybridized carbons (Fsp3) is 0.467. The number of aliphatic hydroxyl groups is 1. The van der Waals surface area contributed by atoms with Crippen molar-refractivity contribution in [2.45, 2.75) is 39.3 Å².